The molecular formula is C15H20N6O4S. The Morgan fingerprint density at radius 3 is 2.85 bits per heavy atom. The number of carbonyl (C=O) groups excluding carboxylic acids is 1. The summed E-state index contributed by atoms with van der Waals surface area (Å²) < 4.78 is 33.7. The minimum absolute atomic E-state index is 0.0367. The molecule has 0 spiro atoms. The lowest BCUT2D eigenvalue weighted by atomic mass is 10.1. The highest BCUT2D eigenvalue weighted by Crippen LogP contribution is 2.26. The van der Waals surface area contributed by atoms with E-state index in [0.717, 1.165) is 18.3 Å². The first kappa shape index (κ1) is 18.1. The Hall–Kier alpha value is -2.69. The molecule has 0 saturated heterocycles. The van der Waals surface area contributed by atoms with Crippen LogP contribution in [0.25, 0.3) is 0 Å². The topological polar surface area (TPSA) is 128 Å². The highest BCUT2D eigenvalue weighted by molar-refractivity contribution is 7.90. The van der Waals surface area contributed by atoms with E-state index in [9.17, 15) is 13.2 Å². The normalized spacial score (nSPS) is 13.8. The SMILES string of the molecule is Cc1cc(C(C)C)nc(NC(=O)NS(=O)(=O)c2cnn3c2OCCC3)n1. The molecule has 0 aromatic carbocycles. The maximum Gasteiger partial charge on any atom is 0.335 e. The fourth-order valence-corrected chi connectivity index (χ4v) is 3.46. The van der Waals surface area contributed by atoms with Gasteiger partial charge in [0, 0.05) is 24.4 Å². The van der Waals surface area contributed by atoms with Crippen LogP contribution in [0.2, 0.25) is 0 Å². The van der Waals surface area contributed by atoms with Gasteiger partial charge in [-0.2, -0.15) is 5.10 Å². The summed E-state index contributed by atoms with van der Waals surface area (Å²) in [5.41, 5.74) is 1.41. The monoisotopic (exact) mass is 380 g/mol. The van der Waals surface area contributed by atoms with Crippen molar-refractivity contribution in [1.82, 2.24) is 24.5 Å². The third-order valence-electron chi connectivity index (χ3n) is 3.72. The standard InChI is InChI=1S/C15H20N6O4S/c1-9(2)11-7-10(3)17-14(18-11)19-15(22)20-26(23,24)12-8-16-21-5-4-6-25-13(12)21/h7-9H,4-6H2,1-3H3,(H2,17,18,19,20,22). The van der Waals surface area contributed by atoms with E-state index in [1.165, 1.54) is 4.68 Å². The molecule has 1 aliphatic rings. The van der Waals surface area contributed by atoms with Gasteiger partial charge in [-0.1, -0.05) is 13.8 Å². The number of hydrogen-bond acceptors (Lipinski definition) is 7. The third kappa shape index (κ3) is 3.77. The molecule has 10 nitrogen and oxygen atoms in total. The lowest BCUT2D eigenvalue weighted by Crippen LogP contribution is -2.35. The summed E-state index contributed by atoms with van der Waals surface area (Å²) in [6.07, 6.45) is 1.90. The molecule has 0 fully saturated rings. The lowest BCUT2D eigenvalue weighted by Gasteiger charge is -2.16. The number of nitrogens with zero attached hydrogens (tertiary/aromatic N) is 4. The van der Waals surface area contributed by atoms with Crippen molar-refractivity contribution in [3.05, 3.63) is 23.7 Å². The number of urea groups is 1. The molecule has 2 N–H and O–H groups in total. The molecule has 0 aliphatic carbocycles. The zero-order valence-corrected chi connectivity index (χ0v) is 15.5. The van der Waals surface area contributed by atoms with Gasteiger partial charge in [0.05, 0.1) is 12.8 Å². The number of aromatic nitrogens is 4. The predicted molar refractivity (Wildman–Crippen MR) is 92.5 cm³/mol. The van der Waals surface area contributed by atoms with Crippen molar-refractivity contribution in [1.29, 1.82) is 0 Å². The van der Waals surface area contributed by atoms with Gasteiger partial charge in [-0.15, -0.1) is 0 Å². The molecule has 0 unspecified atom stereocenters. The Bertz CT molecular complexity index is 938. The molecule has 26 heavy (non-hydrogen) atoms. The molecule has 0 bridgehead atoms. The van der Waals surface area contributed by atoms with Crippen molar-refractivity contribution < 1.29 is 17.9 Å². The zero-order valence-electron chi connectivity index (χ0n) is 14.7. The van der Waals surface area contributed by atoms with E-state index in [-0.39, 0.29) is 22.6 Å². The number of fused-ring (bicyclic) bond motifs is 1. The van der Waals surface area contributed by atoms with Crippen LogP contribution >= 0.6 is 0 Å². The minimum atomic E-state index is -4.14. The first-order valence-electron chi connectivity index (χ1n) is 8.14. The largest absolute Gasteiger partial charge is 0.477 e. The fourth-order valence-electron chi connectivity index (χ4n) is 2.48. The Morgan fingerprint density at radius 1 is 1.35 bits per heavy atom. The van der Waals surface area contributed by atoms with Gasteiger partial charge in [-0.05, 0) is 18.9 Å². The molecule has 140 valence electrons. The molecule has 2 aromatic rings. The number of aryl methyl sites for hydroxylation is 2. The number of anilines is 1. The van der Waals surface area contributed by atoms with Crippen LogP contribution in [0.15, 0.2) is 17.2 Å². The van der Waals surface area contributed by atoms with Gasteiger partial charge in [0.2, 0.25) is 11.8 Å². The second-order valence-corrected chi connectivity index (χ2v) is 7.86. The molecular weight excluding hydrogens is 360 g/mol. The van der Waals surface area contributed by atoms with E-state index in [1.54, 1.807) is 13.0 Å². The van der Waals surface area contributed by atoms with Crippen molar-refractivity contribution in [2.75, 3.05) is 11.9 Å². The maximum atomic E-state index is 12.5. The molecule has 2 aromatic heterocycles. The highest BCUT2D eigenvalue weighted by atomic mass is 32.2. The molecule has 0 radical (unpaired) electrons. The van der Waals surface area contributed by atoms with Gasteiger partial charge in [-0.3, -0.25) is 5.32 Å². The highest BCUT2D eigenvalue weighted by Gasteiger charge is 2.28. The van der Waals surface area contributed by atoms with Crippen LogP contribution in [0.3, 0.4) is 0 Å². The van der Waals surface area contributed by atoms with E-state index < -0.39 is 16.1 Å². The third-order valence-corrected chi connectivity index (χ3v) is 5.03. The van der Waals surface area contributed by atoms with Gasteiger partial charge >= 0.3 is 6.03 Å². The Labute approximate surface area is 151 Å². The van der Waals surface area contributed by atoms with Crippen molar-refractivity contribution in [2.45, 2.75) is 44.6 Å². The number of hydrogen-bond donors (Lipinski definition) is 2. The number of sulfonamides is 1. The summed E-state index contributed by atoms with van der Waals surface area (Å²) in [6, 6.07) is 0.849. The number of carbonyl (C=O) groups is 1. The molecule has 11 heteroatoms. The fraction of sp³-hybridized carbons (Fsp3) is 0.467. The van der Waals surface area contributed by atoms with Crippen LogP contribution in [-0.2, 0) is 16.6 Å². The van der Waals surface area contributed by atoms with Crippen LogP contribution in [0, 0.1) is 6.92 Å². The minimum Gasteiger partial charge on any atom is -0.477 e. The Kier molecular flexibility index (Phi) is 4.81. The van der Waals surface area contributed by atoms with Crippen molar-refractivity contribution in [3.8, 4) is 5.88 Å². The van der Waals surface area contributed by atoms with Crippen molar-refractivity contribution in [2.24, 2.45) is 0 Å². The summed E-state index contributed by atoms with van der Waals surface area (Å²) in [6.45, 7) is 6.64. The lowest BCUT2D eigenvalue weighted by molar-refractivity contribution is 0.224. The average molecular weight is 380 g/mol. The number of amides is 2. The van der Waals surface area contributed by atoms with Crippen LogP contribution in [0.4, 0.5) is 10.7 Å². The molecule has 0 saturated carbocycles. The number of nitrogens with one attached hydrogen (secondary N) is 2. The summed E-state index contributed by atoms with van der Waals surface area (Å²) in [5.74, 6) is 0.306. The summed E-state index contributed by atoms with van der Waals surface area (Å²) >= 11 is 0. The van der Waals surface area contributed by atoms with E-state index in [1.807, 2.05) is 18.6 Å². The zero-order chi connectivity index (χ0) is 18.9. The van der Waals surface area contributed by atoms with Gasteiger partial charge < -0.3 is 4.74 Å². The molecule has 3 heterocycles. The van der Waals surface area contributed by atoms with Crippen LogP contribution in [0.1, 0.15) is 37.6 Å². The molecule has 0 atom stereocenters. The second-order valence-electron chi connectivity index (χ2n) is 6.21. The van der Waals surface area contributed by atoms with E-state index in [2.05, 4.69) is 20.4 Å². The Morgan fingerprint density at radius 2 is 2.12 bits per heavy atom. The summed E-state index contributed by atoms with van der Waals surface area (Å²) in [4.78, 5) is 20.3. The van der Waals surface area contributed by atoms with Crippen LogP contribution in [0.5, 0.6) is 5.88 Å². The van der Waals surface area contributed by atoms with Gasteiger partial charge in [-0.25, -0.2) is 32.6 Å². The van der Waals surface area contributed by atoms with Crippen LogP contribution < -0.4 is 14.8 Å². The maximum absolute atomic E-state index is 12.5. The van der Waals surface area contributed by atoms with E-state index in [4.69, 9.17) is 4.74 Å². The molecule has 1 aliphatic heterocycles. The van der Waals surface area contributed by atoms with E-state index >= 15 is 0 Å². The second kappa shape index (κ2) is 6.90. The number of ether oxygens (including phenoxy) is 1. The number of rotatable bonds is 4. The van der Waals surface area contributed by atoms with Crippen molar-refractivity contribution in [3.63, 3.8) is 0 Å². The summed E-state index contributed by atoms with van der Waals surface area (Å²) in [7, 11) is -4.14. The van der Waals surface area contributed by atoms with E-state index in [0.29, 0.717) is 18.8 Å². The molecule has 2 amide bonds. The molecule has 3 rings (SSSR count). The quantitative estimate of drug-likeness (QED) is 0.820. The predicted octanol–water partition coefficient (Wildman–Crippen LogP) is 1.40. The Balaban J connectivity index is 1.76. The van der Waals surface area contributed by atoms with Gasteiger partial charge in [0.25, 0.3) is 10.0 Å². The summed E-state index contributed by atoms with van der Waals surface area (Å²) in [5, 5.41) is 6.33. The average Bonchev–Trinajstić information content (AvgIpc) is 2.98. The van der Waals surface area contributed by atoms with Gasteiger partial charge in [0.1, 0.15) is 0 Å². The first-order chi connectivity index (χ1) is 12.3. The van der Waals surface area contributed by atoms with Gasteiger partial charge in [0.15, 0.2) is 4.90 Å². The first-order valence-corrected chi connectivity index (χ1v) is 9.62. The smallest absolute Gasteiger partial charge is 0.335 e. The van der Waals surface area contributed by atoms with Crippen LogP contribution in [-0.4, -0.2) is 40.8 Å². The van der Waals surface area contributed by atoms with Crippen molar-refractivity contribution >= 4 is 22.0 Å².